The van der Waals surface area contributed by atoms with E-state index in [9.17, 15) is 27.9 Å². The number of hydrogen-bond acceptors (Lipinski definition) is 7. The first-order chi connectivity index (χ1) is 11.7. The lowest BCUT2D eigenvalue weighted by Gasteiger charge is -2.27. The van der Waals surface area contributed by atoms with Crippen LogP contribution in [0.4, 0.5) is 0 Å². The Morgan fingerprint density at radius 2 is 1.84 bits per heavy atom. The molecule has 1 saturated heterocycles. The summed E-state index contributed by atoms with van der Waals surface area (Å²) in [6.45, 7) is -0.0543. The van der Waals surface area contributed by atoms with Crippen molar-refractivity contribution in [3.05, 3.63) is 29.8 Å². The molecule has 1 aliphatic heterocycles. The number of carboxylic acid groups (broad SMARTS) is 1. The number of rotatable bonds is 7. The number of benzene rings is 1. The molecule has 0 bridgehead atoms. The predicted octanol–water partition coefficient (Wildman–Crippen LogP) is -0.909. The molecule has 1 heterocycles. The number of ether oxygens (including phenoxy) is 1. The van der Waals surface area contributed by atoms with Gasteiger partial charge in [0.05, 0.1) is 13.2 Å². The fraction of sp³-hybridized carbons (Fsp3) is 0.438. The third-order valence-electron chi connectivity index (χ3n) is 4.05. The molecule has 0 aliphatic carbocycles. The maximum absolute atomic E-state index is 12.3. The van der Waals surface area contributed by atoms with Crippen molar-refractivity contribution in [2.45, 2.75) is 24.1 Å². The first kappa shape index (κ1) is 18.9. The molecule has 2 rings (SSSR count). The molecular formula is C16H18NO7S-. The zero-order chi connectivity index (χ0) is 18.8. The van der Waals surface area contributed by atoms with Crippen LogP contribution in [-0.2, 0) is 24.2 Å². The molecule has 0 aromatic heterocycles. The number of nitrogens with zero attached hydrogens (tertiary/aromatic N) is 1. The van der Waals surface area contributed by atoms with Gasteiger partial charge in [-0.3, -0.25) is 9.59 Å². The summed E-state index contributed by atoms with van der Waals surface area (Å²) in [7, 11) is -2.37. The monoisotopic (exact) mass is 368 g/mol. The van der Waals surface area contributed by atoms with Crippen LogP contribution in [0.5, 0.6) is 5.75 Å². The smallest absolute Gasteiger partial charge is 0.292 e. The average Bonchev–Trinajstić information content (AvgIpc) is 2.79. The van der Waals surface area contributed by atoms with Crippen LogP contribution in [-0.4, -0.2) is 56.1 Å². The number of sulfone groups is 1. The molecule has 136 valence electrons. The Balaban J connectivity index is 2.42. The summed E-state index contributed by atoms with van der Waals surface area (Å²) in [5.74, 6) is -2.66. The van der Waals surface area contributed by atoms with Crippen molar-refractivity contribution < 1.29 is 32.6 Å². The minimum Gasteiger partial charge on any atom is -0.550 e. The Bertz CT molecular complexity index is 785. The molecule has 1 aliphatic rings. The molecule has 2 atom stereocenters. The van der Waals surface area contributed by atoms with Crippen molar-refractivity contribution in [1.29, 1.82) is 0 Å². The summed E-state index contributed by atoms with van der Waals surface area (Å²) < 4.78 is 29.2. The Labute approximate surface area is 145 Å². The number of aliphatic carboxylic acids is 1. The van der Waals surface area contributed by atoms with E-state index in [2.05, 4.69) is 0 Å². The second kappa shape index (κ2) is 7.22. The lowest BCUT2D eigenvalue weighted by molar-refractivity contribution is -0.305. The minimum atomic E-state index is -3.84. The maximum atomic E-state index is 12.3. The quantitative estimate of drug-likeness (QED) is 0.571. The number of ketones is 1. The van der Waals surface area contributed by atoms with Crippen molar-refractivity contribution in [2.24, 2.45) is 0 Å². The van der Waals surface area contributed by atoms with Gasteiger partial charge in [0.25, 0.3) is 5.91 Å². The maximum Gasteiger partial charge on any atom is 0.292 e. The molecule has 0 unspecified atom stereocenters. The fourth-order valence-electron chi connectivity index (χ4n) is 2.92. The average molecular weight is 368 g/mol. The Kier molecular flexibility index (Phi) is 5.46. The number of likely N-dealkylation sites (tertiary alicyclic amines) is 1. The van der Waals surface area contributed by atoms with Crippen LogP contribution in [0.1, 0.15) is 24.4 Å². The number of carbonyl (C=O) groups is 3. The topological polar surface area (TPSA) is 121 Å². The number of carboxylic acids is 1. The molecule has 8 nitrogen and oxygen atoms in total. The molecular weight excluding hydrogens is 350 g/mol. The molecule has 0 saturated carbocycles. The summed E-state index contributed by atoms with van der Waals surface area (Å²) in [6, 6.07) is 5.36. The van der Waals surface area contributed by atoms with Gasteiger partial charge in [-0.25, -0.2) is 8.42 Å². The Morgan fingerprint density at radius 1 is 1.24 bits per heavy atom. The van der Waals surface area contributed by atoms with E-state index in [1.165, 1.54) is 7.11 Å². The van der Waals surface area contributed by atoms with Gasteiger partial charge in [-0.15, -0.1) is 0 Å². The van der Waals surface area contributed by atoms with Crippen LogP contribution in [0.25, 0.3) is 0 Å². The van der Waals surface area contributed by atoms with Gasteiger partial charge in [0.1, 0.15) is 5.75 Å². The molecule has 1 amide bonds. The van der Waals surface area contributed by atoms with Crippen LogP contribution in [0.3, 0.4) is 0 Å². The summed E-state index contributed by atoms with van der Waals surface area (Å²) in [5.41, 5.74) is 0.462. The standard InChI is InChI=1S/C16H19NO7S/c1-24-11-7-5-10(6-8-11)13-15(25(2,22)23)14(20)16(21)17(13)9-3-4-12(18)19/h5-8,13,15H,3-4,9H2,1-2H3,(H,18,19)/p-1/t13-,15-/m0/s1. The van der Waals surface area contributed by atoms with E-state index < -0.39 is 38.8 Å². The number of hydrogen-bond donors (Lipinski definition) is 0. The normalized spacial score (nSPS) is 20.8. The van der Waals surface area contributed by atoms with E-state index >= 15 is 0 Å². The number of methoxy groups -OCH3 is 1. The van der Waals surface area contributed by atoms with Crippen molar-refractivity contribution >= 4 is 27.5 Å². The number of Topliss-reactive ketones (excluding diaryl/α,β-unsaturated/α-hetero) is 1. The van der Waals surface area contributed by atoms with Crippen molar-refractivity contribution in [1.82, 2.24) is 4.90 Å². The molecule has 25 heavy (non-hydrogen) atoms. The molecule has 1 aromatic rings. The SMILES string of the molecule is COc1ccc([C@H]2[C@H](S(C)(=O)=O)C(=O)C(=O)N2CCCC(=O)[O-])cc1. The molecule has 1 aromatic carbocycles. The third-order valence-corrected chi connectivity index (χ3v) is 5.45. The highest BCUT2D eigenvalue weighted by atomic mass is 32.2. The van der Waals surface area contributed by atoms with Gasteiger partial charge >= 0.3 is 0 Å². The highest BCUT2D eigenvalue weighted by Crippen LogP contribution is 2.36. The van der Waals surface area contributed by atoms with Crippen LogP contribution in [0, 0.1) is 0 Å². The van der Waals surface area contributed by atoms with E-state index in [0.717, 1.165) is 11.2 Å². The molecule has 0 N–H and O–H groups in total. The van der Waals surface area contributed by atoms with Gasteiger partial charge in [0, 0.05) is 18.8 Å². The van der Waals surface area contributed by atoms with E-state index in [-0.39, 0.29) is 19.4 Å². The van der Waals surface area contributed by atoms with E-state index in [1.807, 2.05) is 0 Å². The Hall–Kier alpha value is -2.42. The van der Waals surface area contributed by atoms with Crippen LogP contribution < -0.4 is 9.84 Å². The largest absolute Gasteiger partial charge is 0.550 e. The van der Waals surface area contributed by atoms with Gasteiger partial charge in [-0.1, -0.05) is 12.1 Å². The molecule has 9 heteroatoms. The highest BCUT2D eigenvalue weighted by molar-refractivity contribution is 7.92. The summed E-state index contributed by atoms with van der Waals surface area (Å²) in [6.07, 6.45) is 0.672. The fourth-order valence-corrected chi connectivity index (χ4v) is 4.18. The zero-order valence-electron chi connectivity index (χ0n) is 13.8. The van der Waals surface area contributed by atoms with E-state index in [1.54, 1.807) is 24.3 Å². The first-order valence-electron chi connectivity index (χ1n) is 7.54. The lowest BCUT2D eigenvalue weighted by Crippen LogP contribution is -2.34. The van der Waals surface area contributed by atoms with Gasteiger partial charge in [0.2, 0.25) is 5.78 Å². The summed E-state index contributed by atoms with van der Waals surface area (Å²) in [4.78, 5) is 36.2. The predicted molar refractivity (Wildman–Crippen MR) is 85.3 cm³/mol. The molecule has 0 radical (unpaired) electrons. The number of carbonyl (C=O) groups excluding carboxylic acids is 3. The van der Waals surface area contributed by atoms with Crippen molar-refractivity contribution in [2.75, 3.05) is 19.9 Å². The third kappa shape index (κ3) is 3.98. The Morgan fingerprint density at radius 3 is 2.32 bits per heavy atom. The van der Waals surface area contributed by atoms with Gasteiger partial charge in [0.15, 0.2) is 15.1 Å². The van der Waals surface area contributed by atoms with Gasteiger partial charge in [-0.05, 0) is 30.5 Å². The van der Waals surface area contributed by atoms with E-state index in [4.69, 9.17) is 4.74 Å². The summed E-state index contributed by atoms with van der Waals surface area (Å²) in [5, 5.41) is 9.06. The zero-order valence-corrected chi connectivity index (χ0v) is 14.6. The first-order valence-corrected chi connectivity index (χ1v) is 9.49. The van der Waals surface area contributed by atoms with Crippen molar-refractivity contribution in [3.63, 3.8) is 0 Å². The number of amides is 1. The van der Waals surface area contributed by atoms with Gasteiger partial charge in [-0.2, -0.15) is 0 Å². The van der Waals surface area contributed by atoms with Crippen LogP contribution in [0.15, 0.2) is 24.3 Å². The molecule has 1 fully saturated rings. The summed E-state index contributed by atoms with van der Waals surface area (Å²) >= 11 is 0. The second-order valence-electron chi connectivity index (χ2n) is 5.81. The van der Waals surface area contributed by atoms with Crippen LogP contribution in [0.2, 0.25) is 0 Å². The van der Waals surface area contributed by atoms with Crippen LogP contribution >= 0.6 is 0 Å². The lowest BCUT2D eigenvalue weighted by atomic mass is 10.0. The minimum absolute atomic E-state index is 0.0543. The second-order valence-corrected chi connectivity index (χ2v) is 7.97. The van der Waals surface area contributed by atoms with Crippen molar-refractivity contribution in [3.8, 4) is 5.75 Å². The highest BCUT2D eigenvalue weighted by Gasteiger charge is 2.52. The van der Waals surface area contributed by atoms with Gasteiger partial charge < -0.3 is 19.5 Å². The molecule has 0 spiro atoms. The van der Waals surface area contributed by atoms with E-state index in [0.29, 0.717) is 11.3 Å².